The number of phenolic OH excluding ortho intramolecular Hbond substituents is 1. The number of guanidine groups is 1. The Morgan fingerprint density at radius 1 is 0.538 bits per heavy atom. The second-order valence-corrected chi connectivity index (χ2v) is 34.0. The molecule has 0 saturated carbocycles. The molecule has 2 saturated heterocycles. The minimum absolute atomic E-state index is 0.0152. The van der Waals surface area contributed by atoms with Crippen molar-refractivity contribution in [2.75, 3.05) is 60.5 Å². The van der Waals surface area contributed by atoms with E-state index in [4.69, 9.17) is 28.3 Å². The molecule has 0 bridgehead atoms. The molecule has 17 amide bonds. The lowest BCUT2D eigenvalue weighted by atomic mass is 10.00. The van der Waals surface area contributed by atoms with Crippen LogP contribution in [0.3, 0.4) is 0 Å². The number of para-hydroxylation sites is 2. The van der Waals surface area contributed by atoms with Gasteiger partial charge in [-0.1, -0.05) is 108 Å². The molecule has 132 heavy (non-hydrogen) atoms. The van der Waals surface area contributed by atoms with Crippen molar-refractivity contribution in [1.29, 1.82) is 5.41 Å². The number of phenols is 1. The minimum atomic E-state index is -1.89. The zero-order valence-corrected chi connectivity index (χ0v) is 75.6. The Morgan fingerprint density at radius 2 is 1.06 bits per heavy atom. The molecule has 0 spiro atoms. The average Bonchev–Trinajstić information content (AvgIpc) is 1.60. The highest BCUT2D eigenvalue weighted by Gasteiger charge is 2.47. The van der Waals surface area contributed by atoms with Gasteiger partial charge < -0.3 is 131 Å². The molecule has 3 aromatic carbocycles. The van der Waals surface area contributed by atoms with Gasteiger partial charge in [-0.25, -0.2) is 0 Å². The number of amides is 17. The number of aliphatic hydroxyl groups excluding tert-OH is 2. The van der Waals surface area contributed by atoms with E-state index in [-0.39, 0.29) is 89.0 Å². The number of unbranched alkanes of at least 4 members (excludes halogenated alkanes) is 2. The van der Waals surface area contributed by atoms with E-state index in [1.54, 1.807) is 74.8 Å². The predicted molar refractivity (Wildman–Crippen MR) is 483 cm³/mol. The SMILES string of the molecule is CCCCC1C(=O)N(C)C(CCCC)C(=O)NC(CCCNC(=N)N)C(=O)NC(C(=O)NCC(N)=O)CC=CC(=O)NC(Cc2ccc(O)cc2)C(=O)N(C)[C@@H](C)C(=O)NC(CC(N)=O)C(=O)N2CCC[C@H]2C(=O)N[C@@H](CN)C(=O)N[C@@H](CC(C)C)C(=O)N2C[C@H](O)CC2C(=O)N[C@@H](Cc2c[nH]c3ccccc23)C(=O)NC(CO)C(=O)NC(Cc2c[nH]c3ccccc23)C(=O)N1C. The first-order chi connectivity index (χ1) is 62.8. The van der Waals surface area contributed by atoms with Gasteiger partial charge in [0.2, 0.25) is 100 Å². The summed E-state index contributed by atoms with van der Waals surface area (Å²) >= 11 is 0. The van der Waals surface area contributed by atoms with Gasteiger partial charge >= 0.3 is 0 Å². The first-order valence-corrected chi connectivity index (χ1v) is 44.4. The molecular weight excluding hydrogens is 1710 g/mol. The lowest BCUT2D eigenvalue weighted by Gasteiger charge is -2.36. The van der Waals surface area contributed by atoms with E-state index in [0.29, 0.717) is 64.2 Å². The Balaban J connectivity index is 1.20. The molecule has 2 aromatic heterocycles. The highest BCUT2D eigenvalue weighted by molar-refractivity contribution is 6.03. The number of aliphatic hydroxyl groups is 2. The number of rotatable bonds is 25. The number of likely N-dealkylation sites (N-methyl/N-ethyl adjacent to an activating group) is 3. The van der Waals surface area contributed by atoms with Crippen LogP contribution < -0.4 is 81.4 Å². The van der Waals surface area contributed by atoms with Gasteiger partial charge in [0, 0.05) is 107 Å². The molecule has 5 heterocycles. The van der Waals surface area contributed by atoms with Crippen LogP contribution in [0, 0.1) is 11.3 Å². The van der Waals surface area contributed by atoms with Gasteiger partial charge in [-0.15, -0.1) is 0 Å². The van der Waals surface area contributed by atoms with Crippen LogP contribution in [0.5, 0.6) is 5.75 Å². The van der Waals surface area contributed by atoms with Crippen molar-refractivity contribution in [3.8, 4) is 5.75 Å². The highest BCUT2D eigenvalue weighted by Crippen LogP contribution is 2.28. The summed E-state index contributed by atoms with van der Waals surface area (Å²) in [6, 6.07) is -2.51. The number of aromatic hydroxyl groups is 1. The number of hydrogen-bond acceptors (Lipinski definition) is 22. The second-order valence-electron chi connectivity index (χ2n) is 34.0. The van der Waals surface area contributed by atoms with Crippen molar-refractivity contribution in [2.24, 2.45) is 28.9 Å². The number of fused-ring (bicyclic) bond motifs is 4. The Labute approximate surface area is 763 Å². The molecule has 8 rings (SSSR count). The van der Waals surface area contributed by atoms with Gasteiger partial charge in [-0.2, -0.15) is 0 Å². The summed E-state index contributed by atoms with van der Waals surface area (Å²) < 4.78 is 0. The van der Waals surface area contributed by atoms with Crippen molar-refractivity contribution in [3.05, 3.63) is 114 Å². The number of primary amides is 2. The summed E-state index contributed by atoms with van der Waals surface area (Å²) in [7, 11) is 3.87. The molecule has 43 heteroatoms. The summed E-state index contributed by atoms with van der Waals surface area (Å²) in [6.45, 7) is 5.33. The van der Waals surface area contributed by atoms with Crippen molar-refractivity contribution in [3.63, 3.8) is 0 Å². The first-order valence-electron chi connectivity index (χ1n) is 44.4. The van der Waals surface area contributed by atoms with Crippen LogP contribution in [0.15, 0.2) is 97.3 Å². The van der Waals surface area contributed by atoms with Crippen LogP contribution in [-0.2, 0) is 101 Å². The standard InChI is InChI=1S/C89H127N23O20/c1-9-11-26-68-81(125)101-60(25-18-34-95-89(93)94)77(121)100-59(76(120)98-45-73(92)117)24-17-29-74(118)99-63(37-50-30-32-53(114)33-31-50)84(128)108(6)49(5)75(119)103-65(41-72(91)116)86(130)111-35-19-28-69(111)82(126)106-66(42-90)79(123)104-62(36-48(3)4)87(131)112-46-54(115)40-71(112)83(127)102-61(38-51-43-96-57-22-15-13-20-55(51)57)78(122)107-67(47-113)80(124)105-64(39-52-44-97-58-23-16-14-21-56(52)58)85(129)110(8)70(27-12-10-2)88(132)109(68)7/h13-17,20-23,29-33,43-44,48-49,54,59-71,96-97,113-115H,9-12,18-19,24-28,34-42,45-47,90H2,1-8H3,(H2,91,116)(H2,92,117)(H,98,120)(H,99,118)(H,100,121)(H,101,125)(H,102,127)(H,103,119)(H,104,123)(H,105,124)(H,106,126)(H,107,122)(H4,93,94,95)/t49-,54+,59?,60?,61-,62-,63?,64?,65?,66-,67?,68?,69-,70?,71?/m0/s1. The molecule has 3 aliphatic rings. The number of carbonyl (C=O) groups excluding carboxylic acids is 17. The lowest BCUT2D eigenvalue weighted by Crippen LogP contribution is -2.62. The third-order valence-corrected chi connectivity index (χ3v) is 23.7. The third-order valence-electron chi connectivity index (χ3n) is 23.7. The van der Waals surface area contributed by atoms with E-state index in [1.807, 2.05) is 13.8 Å². The maximum Gasteiger partial charge on any atom is 0.246 e. The smallest absolute Gasteiger partial charge is 0.246 e. The number of hydrogen-bond donors (Lipinski definition) is 21. The topological polar surface area (TPSA) is 659 Å². The molecule has 25 N–H and O–H groups in total. The zero-order valence-electron chi connectivity index (χ0n) is 75.6. The first kappa shape index (κ1) is 104. The van der Waals surface area contributed by atoms with Crippen molar-refractivity contribution < 1.29 is 96.8 Å². The predicted octanol–water partition coefficient (Wildman–Crippen LogP) is -3.72. The van der Waals surface area contributed by atoms with Crippen LogP contribution >= 0.6 is 0 Å². The molecule has 5 aromatic rings. The number of nitrogens with two attached hydrogens (primary N) is 4. The molecule has 9 unspecified atom stereocenters. The maximum atomic E-state index is 15.7. The average molecular weight is 1840 g/mol. The fraction of sp³-hybridized carbons (Fsp3) is 0.528. The van der Waals surface area contributed by atoms with Gasteiger partial charge in [0.15, 0.2) is 5.96 Å². The number of nitrogens with one attached hydrogen (secondary N) is 14. The van der Waals surface area contributed by atoms with E-state index >= 15 is 33.6 Å². The normalized spacial score (nSPS) is 24.9. The van der Waals surface area contributed by atoms with E-state index in [0.717, 1.165) is 36.7 Å². The van der Waals surface area contributed by atoms with Gasteiger partial charge in [0.1, 0.15) is 90.3 Å². The summed E-state index contributed by atoms with van der Waals surface area (Å²) in [5, 5.41) is 70.4. The number of benzene rings is 3. The fourth-order valence-corrected chi connectivity index (χ4v) is 16.3. The van der Waals surface area contributed by atoms with E-state index in [2.05, 4.69) is 68.5 Å². The molecule has 718 valence electrons. The van der Waals surface area contributed by atoms with E-state index in [9.17, 15) is 63.3 Å². The quantitative estimate of drug-likeness (QED) is 0.0152. The second kappa shape index (κ2) is 49.4. The molecule has 0 radical (unpaired) electrons. The maximum absolute atomic E-state index is 15.7. The summed E-state index contributed by atoms with van der Waals surface area (Å²) in [5.41, 5.74) is 25.5. The van der Waals surface area contributed by atoms with E-state index < -0.39 is 243 Å². The summed E-state index contributed by atoms with van der Waals surface area (Å²) in [6.07, 6.45) is 2.68. The van der Waals surface area contributed by atoms with Crippen LogP contribution in [0.25, 0.3) is 21.8 Å². The third kappa shape index (κ3) is 28.7. The van der Waals surface area contributed by atoms with Crippen LogP contribution in [0.4, 0.5) is 0 Å². The fourth-order valence-electron chi connectivity index (χ4n) is 16.3. The number of aromatic nitrogens is 2. The van der Waals surface area contributed by atoms with Crippen LogP contribution in [-0.4, -0.2) is 307 Å². The lowest BCUT2D eigenvalue weighted by molar-refractivity contribution is -0.149. The number of H-pyrrole nitrogens is 2. The van der Waals surface area contributed by atoms with Crippen molar-refractivity contribution in [2.45, 2.75) is 234 Å². The van der Waals surface area contributed by atoms with Gasteiger partial charge in [0.25, 0.3) is 0 Å². The Bertz CT molecular complexity index is 5000. The molecule has 2 fully saturated rings. The van der Waals surface area contributed by atoms with Crippen molar-refractivity contribution >= 4 is 128 Å². The molecule has 0 aliphatic carbocycles. The van der Waals surface area contributed by atoms with Gasteiger partial charge in [-0.3, -0.25) is 86.9 Å². The minimum Gasteiger partial charge on any atom is -0.508 e. The van der Waals surface area contributed by atoms with Crippen molar-refractivity contribution in [1.82, 2.24) is 93.0 Å². The molecule has 43 nitrogen and oxygen atoms in total. The largest absolute Gasteiger partial charge is 0.508 e. The monoisotopic (exact) mass is 1840 g/mol. The highest BCUT2D eigenvalue weighted by atomic mass is 16.3. The number of nitrogens with zero attached hydrogens (tertiary/aromatic N) is 5. The molecular formula is C89H127N23O20. The molecule has 15 atom stereocenters. The van der Waals surface area contributed by atoms with E-state index in [1.165, 1.54) is 52.3 Å². The van der Waals surface area contributed by atoms with Gasteiger partial charge in [-0.05, 0) is 111 Å². The van der Waals surface area contributed by atoms with Crippen LogP contribution in [0.2, 0.25) is 0 Å². The summed E-state index contributed by atoms with van der Waals surface area (Å²) in [5.74, 6) is -17.5. The molecule has 3 aliphatic heterocycles. The Kier molecular flexibility index (Phi) is 38.9. The Hall–Kier alpha value is -13.6. The number of carbonyl (C=O) groups is 17. The van der Waals surface area contributed by atoms with Crippen LogP contribution in [0.1, 0.15) is 141 Å². The van der Waals surface area contributed by atoms with Gasteiger partial charge in [0.05, 0.1) is 25.7 Å². The summed E-state index contributed by atoms with van der Waals surface area (Å²) in [4.78, 5) is 260. The Morgan fingerprint density at radius 3 is 1.66 bits per heavy atom. The number of aromatic amines is 2. The zero-order chi connectivity index (χ0) is 96.9.